The average Bonchev–Trinajstić information content (AvgIpc) is 2.60. The summed E-state index contributed by atoms with van der Waals surface area (Å²) in [7, 11) is 1.76. The van der Waals surface area contributed by atoms with E-state index >= 15 is 0 Å². The summed E-state index contributed by atoms with van der Waals surface area (Å²) in [6.45, 7) is 2.36. The highest BCUT2D eigenvalue weighted by Crippen LogP contribution is 2.22. The van der Waals surface area contributed by atoms with E-state index in [9.17, 15) is 4.39 Å². The molecule has 0 unspecified atom stereocenters. The van der Waals surface area contributed by atoms with Crippen molar-refractivity contribution in [1.82, 2.24) is 9.78 Å². The molecule has 0 radical (unpaired) electrons. The number of rotatable bonds is 4. The van der Waals surface area contributed by atoms with Gasteiger partial charge in [-0.1, -0.05) is 11.6 Å². The van der Waals surface area contributed by atoms with Crippen molar-refractivity contribution in [1.29, 1.82) is 0 Å². The standard InChI is InChI=1S/C13H15ClFN3O/c1-8-12(13(14)18(2)17-8)7-19-11-4-9(6-16)3-10(15)5-11/h3-5H,6-7,16H2,1-2H3. The van der Waals surface area contributed by atoms with E-state index in [2.05, 4.69) is 5.10 Å². The van der Waals surface area contributed by atoms with Crippen LogP contribution in [0.5, 0.6) is 5.75 Å². The number of aromatic nitrogens is 2. The van der Waals surface area contributed by atoms with Crippen molar-refractivity contribution < 1.29 is 9.13 Å². The third kappa shape index (κ3) is 3.05. The lowest BCUT2D eigenvalue weighted by Crippen LogP contribution is -2.01. The van der Waals surface area contributed by atoms with Crippen LogP contribution in [-0.4, -0.2) is 9.78 Å². The molecule has 1 aromatic heterocycles. The second kappa shape index (κ2) is 5.59. The van der Waals surface area contributed by atoms with Crippen LogP contribution in [0.3, 0.4) is 0 Å². The Morgan fingerprint density at radius 2 is 2.16 bits per heavy atom. The zero-order valence-electron chi connectivity index (χ0n) is 10.8. The van der Waals surface area contributed by atoms with Gasteiger partial charge in [-0.3, -0.25) is 4.68 Å². The van der Waals surface area contributed by atoms with Crippen molar-refractivity contribution in [3.8, 4) is 5.75 Å². The molecule has 0 saturated heterocycles. The van der Waals surface area contributed by atoms with Crippen LogP contribution < -0.4 is 10.5 Å². The van der Waals surface area contributed by atoms with E-state index in [4.69, 9.17) is 22.1 Å². The van der Waals surface area contributed by atoms with Crippen LogP contribution in [-0.2, 0) is 20.2 Å². The van der Waals surface area contributed by atoms with Gasteiger partial charge in [0.1, 0.15) is 23.3 Å². The molecule has 0 atom stereocenters. The monoisotopic (exact) mass is 283 g/mol. The van der Waals surface area contributed by atoms with E-state index < -0.39 is 0 Å². The minimum atomic E-state index is -0.369. The maximum Gasteiger partial charge on any atom is 0.133 e. The van der Waals surface area contributed by atoms with Crippen LogP contribution in [0.25, 0.3) is 0 Å². The van der Waals surface area contributed by atoms with Crippen LogP contribution in [0.2, 0.25) is 5.15 Å². The fourth-order valence-electron chi connectivity index (χ4n) is 1.82. The molecule has 1 aromatic carbocycles. The van der Waals surface area contributed by atoms with E-state index in [1.54, 1.807) is 17.8 Å². The third-order valence-electron chi connectivity index (χ3n) is 2.82. The number of nitrogens with two attached hydrogens (primary N) is 1. The molecule has 6 heteroatoms. The molecule has 0 aliphatic rings. The molecule has 0 spiro atoms. The first kappa shape index (κ1) is 13.8. The van der Waals surface area contributed by atoms with Gasteiger partial charge < -0.3 is 10.5 Å². The van der Waals surface area contributed by atoms with Crippen molar-refractivity contribution in [2.24, 2.45) is 12.8 Å². The van der Waals surface area contributed by atoms with Gasteiger partial charge in [0.15, 0.2) is 0 Å². The largest absolute Gasteiger partial charge is 0.489 e. The summed E-state index contributed by atoms with van der Waals surface area (Å²) in [5.41, 5.74) is 7.76. The van der Waals surface area contributed by atoms with Gasteiger partial charge in [-0.25, -0.2) is 4.39 Å². The Kier molecular flexibility index (Phi) is 4.07. The number of ether oxygens (including phenoxy) is 1. The van der Waals surface area contributed by atoms with E-state index in [0.29, 0.717) is 16.5 Å². The van der Waals surface area contributed by atoms with Gasteiger partial charge in [0.2, 0.25) is 0 Å². The molecule has 19 heavy (non-hydrogen) atoms. The summed E-state index contributed by atoms with van der Waals surface area (Å²) in [5, 5.41) is 4.71. The van der Waals surface area contributed by atoms with Crippen LogP contribution in [0.4, 0.5) is 4.39 Å². The zero-order valence-corrected chi connectivity index (χ0v) is 11.5. The smallest absolute Gasteiger partial charge is 0.133 e. The van der Waals surface area contributed by atoms with Crippen molar-refractivity contribution in [2.45, 2.75) is 20.1 Å². The molecule has 0 bridgehead atoms. The highest BCUT2D eigenvalue weighted by Gasteiger charge is 2.12. The van der Waals surface area contributed by atoms with E-state index in [1.807, 2.05) is 6.92 Å². The predicted octanol–water partition coefficient (Wildman–Crippen LogP) is 2.56. The molecule has 0 amide bonds. The molecule has 0 aliphatic heterocycles. The topological polar surface area (TPSA) is 53.1 Å². The molecule has 1 heterocycles. The SMILES string of the molecule is Cc1nn(C)c(Cl)c1COc1cc(F)cc(CN)c1. The maximum atomic E-state index is 13.3. The Labute approximate surface area is 115 Å². The second-order valence-corrected chi connectivity index (χ2v) is 4.62. The first-order valence-corrected chi connectivity index (χ1v) is 6.19. The minimum absolute atomic E-state index is 0.242. The number of benzene rings is 1. The Morgan fingerprint density at radius 1 is 1.42 bits per heavy atom. The van der Waals surface area contributed by atoms with Crippen molar-refractivity contribution in [3.63, 3.8) is 0 Å². The molecule has 0 fully saturated rings. The van der Waals surface area contributed by atoms with E-state index in [0.717, 1.165) is 11.3 Å². The summed E-state index contributed by atoms with van der Waals surface area (Å²) in [6, 6.07) is 4.41. The van der Waals surface area contributed by atoms with Crippen molar-refractivity contribution >= 4 is 11.6 Å². The van der Waals surface area contributed by atoms with Crippen LogP contribution in [0.15, 0.2) is 18.2 Å². The Morgan fingerprint density at radius 3 is 2.74 bits per heavy atom. The minimum Gasteiger partial charge on any atom is -0.489 e. The molecule has 0 saturated carbocycles. The molecule has 102 valence electrons. The third-order valence-corrected chi connectivity index (χ3v) is 3.29. The number of hydrogen-bond donors (Lipinski definition) is 1. The maximum absolute atomic E-state index is 13.3. The number of nitrogens with zero attached hydrogens (tertiary/aromatic N) is 2. The fourth-order valence-corrected chi connectivity index (χ4v) is 2.04. The summed E-state index contributed by atoms with van der Waals surface area (Å²) in [5.74, 6) is 0.0618. The molecule has 2 N–H and O–H groups in total. The van der Waals surface area contributed by atoms with Crippen LogP contribution in [0.1, 0.15) is 16.8 Å². The highest BCUT2D eigenvalue weighted by molar-refractivity contribution is 6.30. The van der Waals surface area contributed by atoms with Crippen molar-refractivity contribution in [2.75, 3.05) is 0 Å². The van der Waals surface area contributed by atoms with Crippen LogP contribution >= 0.6 is 11.6 Å². The lowest BCUT2D eigenvalue weighted by atomic mass is 10.2. The van der Waals surface area contributed by atoms with Gasteiger partial charge >= 0.3 is 0 Å². The molecule has 0 aliphatic carbocycles. The van der Waals surface area contributed by atoms with Gasteiger partial charge in [-0.2, -0.15) is 5.10 Å². The number of hydrogen-bond acceptors (Lipinski definition) is 3. The van der Waals surface area contributed by atoms with Crippen LogP contribution in [0, 0.1) is 12.7 Å². The summed E-state index contributed by atoms with van der Waals surface area (Å²) < 4.78 is 20.5. The number of halogens is 2. The summed E-state index contributed by atoms with van der Waals surface area (Å²) in [6.07, 6.45) is 0. The van der Waals surface area contributed by atoms with Gasteiger partial charge in [0.25, 0.3) is 0 Å². The lowest BCUT2D eigenvalue weighted by Gasteiger charge is -2.08. The molecule has 2 rings (SSSR count). The first-order chi connectivity index (χ1) is 9.01. The second-order valence-electron chi connectivity index (χ2n) is 4.27. The van der Waals surface area contributed by atoms with Crippen molar-refractivity contribution in [3.05, 3.63) is 46.0 Å². The van der Waals surface area contributed by atoms with Gasteiger partial charge in [-0.05, 0) is 24.6 Å². The quantitative estimate of drug-likeness (QED) is 0.938. The van der Waals surface area contributed by atoms with Gasteiger partial charge in [0.05, 0.1) is 5.69 Å². The normalized spacial score (nSPS) is 10.8. The Bertz CT molecular complexity index is 598. The summed E-state index contributed by atoms with van der Waals surface area (Å²) >= 11 is 6.10. The molecular weight excluding hydrogens is 269 g/mol. The first-order valence-electron chi connectivity index (χ1n) is 5.81. The highest BCUT2D eigenvalue weighted by atomic mass is 35.5. The average molecular weight is 284 g/mol. The lowest BCUT2D eigenvalue weighted by molar-refractivity contribution is 0.303. The van der Waals surface area contributed by atoms with E-state index in [1.165, 1.54) is 12.1 Å². The number of aryl methyl sites for hydroxylation is 2. The Hall–Kier alpha value is -1.59. The zero-order chi connectivity index (χ0) is 14.0. The summed E-state index contributed by atoms with van der Waals surface area (Å²) in [4.78, 5) is 0. The fraction of sp³-hybridized carbons (Fsp3) is 0.308. The molecule has 4 nitrogen and oxygen atoms in total. The van der Waals surface area contributed by atoms with Gasteiger partial charge in [-0.15, -0.1) is 0 Å². The predicted molar refractivity (Wildman–Crippen MR) is 71.6 cm³/mol. The molecule has 2 aromatic rings. The van der Waals surface area contributed by atoms with E-state index in [-0.39, 0.29) is 19.0 Å². The van der Waals surface area contributed by atoms with Gasteiger partial charge in [0, 0.05) is 25.2 Å². The Balaban J connectivity index is 2.16. The molecular formula is C13H15ClFN3O.